The van der Waals surface area contributed by atoms with E-state index in [0.29, 0.717) is 12.0 Å². The van der Waals surface area contributed by atoms with Gasteiger partial charge < -0.3 is 9.72 Å². The standard InChI is InChI=1S/C23H24N2OS/c1-14-11-18-17-5-4-6-20-22(17)19(12-21(18)25(2)13-14)23(24-20)27-16-9-7-15(26-3)8-10-16/h4-11,18,21,24H,12-13H2,1-3H3/t18-,21-/m1/s1. The van der Waals surface area contributed by atoms with E-state index in [0.717, 1.165) is 18.7 Å². The van der Waals surface area contributed by atoms with Gasteiger partial charge in [0.1, 0.15) is 5.75 Å². The molecule has 3 nitrogen and oxygen atoms in total. The molecule has 1 N–H and O–H groups in total. The summed E-state index contributed by atoms with van der Waals surface area (Å²) in [6.07, 6.45) is 3.59. The Morgan fingerprint density at radius 3 is 2.74 bits per heavy atom. The highest BCUT2D eigenvalue weighted by molar-refractivity contribution is 7.99. The number of methoxy groups -OCH3 is 1. The fraction of sp³-hybridized carbons (Fsp3) is 0.304. The van der Waals surface area contributed by atoms with Crippen LogP contribution in [0.3, 0.4) is 0 Å². The summed E-state index contributed by atoms with van der Waals surface area (Å²) < 4.78 is 5.29. The predicted octanol–water partition coefficient (Wildman–Crippen LogP) is 5.23. The number of ether oxygens (including phenoxy) is 1. The lowest BCUT2D eigenvalue weighted by Gasteiger charge is -2.41. The van der Waals surface area contributed by atoms with Gasteiger partial charge in [0.2, 0.25) is 0 Å². The van der Waals surface area contributed by atoms with E-state index < -0.39 is 0 Å². The summed E-state index contributed by atoms with van der Waals surface area (Å²) in [6.45, 7) is 3.32. The van der Waals surface area contributed by atoms with Crippen molar-refractivity contribution < 1.29 is 4.74 Å². The molecule has 3 aromatic rings. The molecule has 0 fully saturated rings. The van der Waals surface area contributed by atoms with Crippen molar-refractivity contribution in [3.63, 3.8) is 0 Å². The zero-order chi connectivity index (χ0) is 18.5. The van der Waals surface area contributed by atoms with Crippen LogP contribution in [0.25, 0.3) is 10.9 Å². The molecule has 27 heavy (non-hydrogen) atoms. The van der Waals surface area contributed by atoms with Crippen molar-refractivity contribution in [2.45, 2.75) is 35.2 Å². The molecule has 0 saturated heterocycles. The number of nitrogens with zero attached hydrogens (tertiary/aromatic N) is 1. The monoisotopic (exact) mass is 376 g/mol. The van der Waals surface area contributed by atoms with Crippen molar-refractivity contribution in [2.24, 2.45) is 0 Å². The molecular formula is C23H24N2OS. The summed E-state index contributed by atoms with van der Waals surface area (Å²) in [5, 5.41) is 2.72. The first-order chi connectivity index (χ1) is 13.1. The molecule has 2 aromatic carbocycles. The van der Waals surface area contributed by atoms with Gasteiger partial charge in [-0.2, -0.15) is 0 Å². The van der Waals surface area contributed by atoms with Crippen LogP contribution in [0, 0.1) is 0 Å². The van der Waals surface area contributed by atoms with Crippen LogP contribution in [-0.4, -0.2) is 36.6 Å². The van der Waals surface area contributed by atoms with Crippen molar-refractivity contribution in [3.8, 4) is 5.75 Å². The van der Waals surface area contributed by atoms with Crippen LogP contribution < -0.4 is 4.74 Å². The SMILES string of the molecule is COc1ccc(Sc2[nH]c3cccc4c3c2C[C@@H]2[C@@H]4C=C(C)CN2C)cc1. The number of aromatic nitrogens is 1. The van der Waals surface area contributed by atoms with E-state index in [-0.39, 0.29) is 0 Å². The van der Waals surface area contributed by atoms with E-state index in [2.05, 4.69) is 60.3 Å². The topological polar surface area (TPSA) is 28.3 Å². The third-order valence-corrected chi connectivity index (χ3v) is 6.98. The second-order valence-electron chi connectivity index (χ2n) is 7.71. The summed E-state index contributed by atoms with van der Waals surface area (Å²) in [5.41, 5.74) is 5.68. The maximum atomic E-state index is 5.29. The van der Waals surface area contributed by atoms with Gasteiger partial charge in [0.15, 0.2) is 0 Å². The van der Waals surface area contributed by atoms with Crippen LogP contribution in [0.4, 0.5) is 0 Å². The van der Waals surface area contributed by atoms with Gasteiger partial charge in [-0.05, 0) is 61.9 Å². The second kappa shape index (κ2) is 6.47. The largest absolute Gasteiger partial charge is 0.497 e. The molecule has 0 bridgehead atoms. The summed E-state index contributed by atoms with van der Waals surface area (Å²) in [5.74, 6) is 1.39. The maximum absolute atomic E-state index is 5.29. The Kier molecular flexibility index (Phi) is 4.06. The molecule has 0 unspecified atom stereocenters. The number of likely N-dealkylation sites (N-methyl/N-ethyl adjacent to an activating group) is 1. The number of rotatable bonds is 3. The minimum Gasteiger partial charge on any atom is -0.497 e. The molecule has 5 rings (SSSR count). The average molecular weight is 377 g/mol. The van der Waals surface area contributed by atoms with Crippen LogP contribution in [-0.2, 0) is 6.42 Å². The van der Waals surface area contributed by atoms with E-state index >= 15 is 0 Å². The molecular weight excluding hydrogens is 352 g/mol. The molecule has 4 heteroatoms. The number of aromatic amines is 1. The number of hydrogen-bond acceptors (Lipinski definition) is 3. The van der Waals surface area contributed by atoms with Crippen molar-refractivity contribution in [1.82, 2.24) is 9.88 Å². The zero-order valence-corrected chi connectivity index (χ0v) is 16.8. The zero-order valence-electron chi connectivity index (χ0n) is 16.0. The van der Waals surface area contributed by atoms with Crippen LogP contribution in [0.2, 0.25) is 0 Å². The maximum Gasteiger partial charge on any atom is 0.118 e. The van der Waals surface area contributed by atoms with Crippen molar-refractivity contribution in [3.05, 3.63) is 65.2 Å². The van der Waals surface area contributed by atoms with Gasteiger partial charge in [0.05, 0.1) is 12.1 Å². The summed E-state index contributed by atoms with van der Waals surface area (Å²) >= 11 is 1.82. The van der Waals surface area contributed by atoms with Gasteiger partial charge in [-0.3, -0.25) is 4.90 Å². The second-order valence-corrected chi connectivity index (χ2v) is 8.79. The Bertz CT molecular complexity index is 1030. The quantitative estimate of drug-likeness (QED) is 0.635. The molecule has 1 aliphatic carbocycles. The first-order valence-corrected chi connectivity index (χ1v) is 10.3. The van der Waals surface area contributed by atoms with Crippen molar-refractivity contribution in [2.75, 3.05) is 20.7 Å². The third kappa shape index (κ3) is 2.79. The molecule has 2 heterocycles. The molecule has 1 aromatic heterocycles. The predicted molar refractivity (Wildman–Crippen MR) is 112 cm³/mol. The number of nitrogens with one attached hydrogen (secondary N) is 1. The number of hydrogen-bond donors (Lipinski definition) is 1. The molecule has 0 radical (unpaired) electrons. The minimum atomic E-state index is 0.495. The summed E-state index contributed by atoms with van der Waals surface area (Å²) in [7, 11) is 3.97. The lowest BCUT2D eigenvalue weighted by atomic mass is 9.77. The first-order valence-electron chi connectivity index (χ1n) is 9.47. The Morgan fingerprint density at radius 1 is 1.15 bits per heavy atom. The molecule has 0 amide bonds. The number of H-pyrrole nitrogens is 1. The fourth-order valence-electron chi connectivity index (χ4n) is 4.69. The van der Waals surface area contributed by atoms with Crippen LogP contribution in [0.15, 0.2) is 64.0 Å². The van der Waals surface area contributed by atoms with Crippen molar-refractivity contribution >= 4 is 22.7 Å². The van der Waals surface area contributed by atoms with Gasteiger partial charge in [-0.25, -0.2) is 0 Å². The van der Waals surface area contributed by atoms with Gasteiger partial charge in [0, 0.05) is 34.3 Å². The molecule has 0 spiro atoms. The lowest BCUT2D eigenvalue weighted by molar-refractivity contribution is 0.224. The third-order valence-electron chi connectivity index (χ3n) is 5.92. The smallest absolute Gasteiger partial charge is 0.118 e. The van der Waals surface area contributed by atoms with Gasteiger partial charge in [-0.15, -0.1) is 0 Å². The Hall–Kier alpha value is -2.17. The van der Waals surface area contributed by atoms with Gasteiger partial charge in [-0.1, -0.05) is 35.5 Å². The minimum absolute atomic E-state index is 0.495. The number of benzene rings is 2. The average Bonchev–Trinajstić information content (AvgIpc) is 3.02. The lowest BCUT2D eigenvalue weighted by Crippen LogP contribution is -2.43. The highest BCUT2D eigenvalue weighted by Gasteiger charge is 2.36. The van der Waals surface area contributed by atoms with Crippen LogP contribution >= 0.6 is 11.8 Å². The van der Waals surface area contributed by atoms with Crippen LogP contribution in [0.5, 0.6) is 5.75 Å². The highest BCUT2D eigenvalue weighted by atomic mass is 32.2. The Balaban J connectivity index is 1.60. The fourth-order valence-corrected chi connectivity index (χ4v) is 5.67. The first kappa shape index (κ1) is 17.0. The number of fused-ring (bicyclic) bond motifs is 2. The van der Waals surface area contributed by atoms with E-state index in [1.54, 1.807) is 7.11 Å². The Labute approximate surface area is 164 Å². The molecule has 2 atom stereocenters. The Morgan fingerprint density at radius 2 is 1.96 bits per heavy atom. The summed E-state index contributed by atoms with van der Waals surface area (Å²) in [4.78, 5) is 7.46. The highest BCUT2D eigenvalue weighted by Crippen LogP contribution is 2.46. The van der Waals surface area contributed by atoms with E-state index in [9.17, 15) is 0 Å². The molecule has 2 aliphatic rings. The van der Waals surface area contributed by atoms with Crippen molar-refractivity contribution in [1.29, 1.82) is 0 Å². The van der Waals surface area contributed by atoms with E-state index in [1.165, 1.54) is 37.5 Å². The summed E-state index contributed by atoms with van der Waals surface area (Å²) in [6, 6.07) is 15.6. The van der Waals surface area contributed by atoms with E-state index in [4.69, 9.17) is 4.74 Å². The molecule has 1 aliphatic heterocycles. The normalized spacial score (nSPS) is 21.8. The molecule has 0 saturated carbocycles. The van der Waals surface area contributed by atoms with Gasteiger partial charge >= 0.3 is 0 Å². The van der Waals surface area contributed by atoms with E-state index in [1.807, 2.05) is 23.9 Å². The van der Waals surface area contributed by atoms with Crippen LogP contribution in [0.1, 0.15) is 24.0 Å². The van der Waals surface area contributed by atoms with Gasteiger partial charge in [0.25, 0.3) is 0 Å². The molecule has 138 valence electrons.